The van der Waals surface area contributed by atoms with Crippen LogP contribution in [-0.4, -0.2) is 0 Å². The third-order valence-electron chi connectivity index (χ3n) is 13.4. The van der Waals surface area contributed by atoms with E-state index in [1.165, 1.54) is 83.5 Å². The zero-order valence-electron chi connectivity index (χ0n) is 34.2. The van der Waals surface area contributed by atoms with Gasteiger partial charge < -0.3 is 4.90 Å². The van der Waals surface area contributed by atoms with E-state index in [0.717, 1.165) is 17.1 Å². The molecule has 9 aromatic carbocycles. The van der Waals surface area contributed by atoms with Crippen LogP contribution < -0.4 is 4.90 Å². The van der Waals surface area contributed by atoms with Crippen molar-refractivity contribution in [2.24, 2.45) is 0 Å². The molecule has 1 atom stereocenters. The van der Waals surface area contributed by atoms with E-state index in [1.54, 1.807) is 0 Å². The lowest BCUT2D eigenvalue weighted by Crippen LogP contribution is -2.23. The Bertz CT molecular complexity index is 3030. The second-order valence-electron chi connectivity index (χ2n) is 17.0. The van der Waals surface area contributed by atoms with Crippen LogP contribution in [0.25, 0.3) is 55.6 Å². The molecule has 1 heteroatoms. The summed E-state index contributed by atoms with van der Waals surface area (Å²) in [6.07, 6.45) is 0. The highest BCUT2D eigenvalue weighted by molar-refractivity contribution is 5.95. The highest BCUT2D eigenvalue weighted by Crippen LogP contribution is 2.57. The topological polar surface area (TPSA) is 3.24 Å². The van der Waals surface area contributed by atoms with Gasteiger partial charge in [0, 0.05) is 27.9 Å². The van der Waals surface area contributed by atoms with E-state index < -0.39 is 0 Å². The molecular weight excluding hydrogens is 723 g/mol. The molecule has 60 heavy (non-hydrogen) atoms. The molecule has 0 spiro atoms. The largest absolute Gasteiger partial charge is 0.310 e. The number of hydrogen-bond acceptors (Lipinski definition) is 1. The van der Waals surface area contributed by atoms with E-state index in [0.29, 0.717) is 0 Å². The maximum absolute atomic E-state index is 2.47. The van der Waals surface area contributed by atoms with Gasteiger partial charge in [0.15, 0.2) is 0 Å². The van der Waals surface area contributed by atoms with Crippen molar-refractivity contribution < 1.29 is 0 Å². The third-order valence-corrected chi connectivity index (χ3v) is 13.4. The van der Waals surface area contributed by atoms with Crippen LogP contribution in [0.5, 0.6) is 0 Å². The Balaban J connectivity index is 1.08. The molecule has 0 saturated heterocycles. The van der Waals surface area contributed by atoms with Gasteiger partial charge in [0.25, 0.3) is 0 Å². The lowest BCUT2D eigenvalue weighted by molar-refractivity contribution is 0.660. The van der Waals surface area contributed by atoms with E-state index in [-0.39, 0.29) is 10.8 Å². The van der Waals surface area contributed by atoms with Gasteiger partial charge in [0.1, 0.15) is 0 Å². The molecule has 1 nitrogen and oxygen atoms in total. The SMILES string of the molecule is CC1(C)c2ccccc2-c2ccc(N(c3ccc(-c4ccc(-c5ccccc5)cc4)cc3)c3ccc4c(c3)C(C)(c3ccccc3)c3cccc(-c5ccccc5)c3-4)cc21. The Labute approximate surface area is 353 Å². The molecule has 9 aromatic rings. The highest BCUT2D eigenvalue weighted by atomic mass is 15.1. The molecule has 0 saturated carbocycles. The Morgan fingerprint density at radius 2 is 0.750 bits per heavy atom. The van der Waals surface area contributed by atoms with Crippen LogP contribution >= 0.6 is 0 Å². The average Bonchev–Trinajstić information content (AvgIpc) is 3.71. The smallest absolute Gasteiger partial charge is 0.0465 e. The van der Waals surface area contributed by atoms with Gasteiger partial charge in [-0.25, -0.2) is 0 Å². The summed E-state index contributed by atoms with van der Waals surface area (Å²) in [5, 5.41) is 0. The van der Waals surface area contributed by atoms with Crippen molar-refractivity contribution in [3.63, 3.8) is 0 Å². The first-order valence-corrected chi connectivity index (χ1v) is 21.1. The van der Waals surface area contributed by atoms with E-state index in [9.17, 15) is 0 Å². The van der Waals surface area contributed by atoms with Gasteiger partial charge >= 0.3 is 0 Å². The molecular formula is C59H45N. The molecule has 11 rings (SSSR count). The normalized spacial score (nSPS) is 15.4. The van der Waals surface area contributed by atoms with E-state index in [4.69, 9.17) is 0 Å². The van der Waals surface area contributed by atoms with Gasteiger partial charge in [-0.2, -0.15) is 0 Å². The number of benzene rings is 9. The number of nitrogens with zero attached hydrogens (tertiary/aromatic N) is 1. The molecule has 286 valence electrons. The van der Waals surface area contributed by atoms with Crippen LogP contribution in [0.3, 0.4) is 0 Å². The second-order valence-corrected chi connectivity index (χ2v) is 17.0. The number of fused-ring (bicyclic) bond motifs is 6. The Hall–Kier alpha value is -7.22. The zero-order valence-corrected chi connectivity index (χ0v) is 34.2. The minimum atomic E-state index is -0.365. The summed E-state index contributed by atoms with van der Waals surface area (Å²) < 4.78 is 0. The fourth-order valence-electron chi connectivity index (χ4n) is 10.2. The van der Waals surface area contributed by atoms with Crippen LogP contribution in [0.15, 0.2) is 218 Å². The molecule has 2 aliphatic rings. The molecule has 0 amide bonds. The van der Waals surface area contributed by atoms with Crippen molar-refractivity contribution in [3.05, 3.63) is 246 Å². The monoisotopic (exact) mass is 767 g/mol. The Morgan fingerprint density at radius 3 is 1.40 bits per heavy atom. The van der Waals surface area contributed by atoms with Crippen molar-refractivity contribution in [2.45, 2.75) is 31.6 Å². The summed E-state index contributed by atoms with van der Waals surface area (Å²) in [4.78, 5) is 2.47. The van der Waals surface area contributed by atoms with E-state index >= 15 is 0 Å². The van der Waals surface area contributed by atoms with Crippen molar-refractivity contribution in [1.29, 1.82) is 0 Å². The van der Waals surface area contributed by atoms with Crippen LogP contribution in [0.2, 0.25) is 0 Å². The maximum atomic E-state index is 2.47. The Morgan fingerprint density at radius 1 is 0.300 bits per heavy atom. The lowest BCUT2D eigenvalue weighted by Gasteiger charge is -2.31. The van der Waals surface area contributed by atoms with Crippen LogP contribution in [0.4, 0.5) is 17.1 Å². The summed E-state index contributed by atoms with van der Waals surface area (Å²) in [6.45, 7) is 7.15. The predicted octanol–water partition coefficient (Wildman–Crippen LogP) is 15.8. The van der Waals surface area contributed by atoms with Crippen molar-refractivity contribution in [3.8, 4) is 55.6 Å². The maximum Gasteiger partial charge on any atom is 0.0465 e. The highest BCUT2D eigenvalue weighted by Gasteiger charge is 2.42. The molecule has 0 fully saturated rings. The van der Waals surface area contributed by atoms with Gasteiger partial charge in [0.05, 0.1) is 0 Å². The quantitative estimate of drug-likeness (QED) is 0.156. The molecule has 0 aliphatic heterocycles. The fourth-order valence-corrected chi connectivity index (χ4v) is 10.2. The minimum absolute atomic E-state index is 0.122. The van der Waals surface area contributed by atoms with Crippen molar-refractivity contribution >= 4 is 17.1 Å². The first kappa shape index (κ1) is 35.9. The molecule has 0 aromatic heterocycles. The molecule has 0 heterocycles. The summed E-state index contributed by atoms with van der Waals surface area (Å²) in [5.41, 5.74) is 22.2. The molecule has 0 N–H and O–H groups in total. The van der Waals surface area contributed by atoms with Gasteiger partial charge in [-0.1, -0.05) is 196 Å². The van der Waals surface area contributed by atoms with Gasteiger partial charge in [-0.15, -0.1) is 0 Å². The van der Waals surface area contributed by atoms with Gasteiger partial charge in [-0.05, 0) is 127 Å². The molecule has 1 unspecified atom stereocenters. The average molecular weight is 768 g/mol. The van der Waals surface area contributed by atoms with Gasteiger partial charge in [-0.3, -0.25) is 0 Å². The van der Waals surface area contributed by atoms with Crippen LogP contribution in [-0.2, 0) is 10.8 Å². The summed E-state index contributed by atoms with van der Waals surface area (Å²) in [5.74, 6) is 0. The fraction of sp³-hybridized carbons (Fsp3) is 0.0847. The van der Waals surface area contributed by atoms with E-state index in [2.05, 4.69) is 244 Å². The molecule has 0 radical (unpaired) electrons. The summed E-state index contributed by atoms with van der Waals surface area (Å²) in [7, 11) is 0. The summed E-state index contributed by atoms with van der Waals surface area (Å²) >= 11 is 0. The number of anilines is 3. The first-order chi connectivity index (χ1) is 29.4. The number of hydrogen-bond donors (Lipinski definition) is 0. The van der Waals surface area contributed by atoms with E-state index in [1.807, 2.05) is 0 Å². The standard InChI is InChI=1S/C59H45N/c1-58(2)53-24-14-13-22-50(53)51-36-34-47(38-55(51)58)60(46-32-30-43(31-33-46)42-28-26-41(27-29-42)40-16-7-4-8-17-40)48-35-37-52-56(39-48)59(3,45-20-11-6-12-21-45)54-25-15-23-49(57(52)54)44-18-9-5-10-19-44/h4-39H,1-3H3. The van der Waals surface area contributed by atoms with Crippen LogP contribution in [0.1, 0.15) is 48.6 Å². The zero-order chi connectivity index (χ0) is 40.4. The van der Waals surface area contributed by atoms with Crippen molar-refractivity contribution in [1.82, 2.24) is 0 Å². The lowest BCUT2D eigenvalue weighted by atomic mass is 9.74. The molecule has 2 aliphatic carbocycles. The number of rotatable bonds is 7. The third kappa shape index (κ3) is 5.61. The Kier molecular flexibility index (Phi) is 8.36. The predicted molar refractivity (Wildman–Crippen MR) is 252 cm³/mol. The first-order valence-electron chi connectivity index (χ1n) is 21.1. The second kappa shape index (κ2) is 14.0. The van der Waals surface area contributed by atoms with Crippen molar-refractivity contribution in [2.75, 3.05) is 4.90 Å². The minimum Gasteiger partial charge on any atom is -0.310 e. The van der Waals surface area contributed by atoms with Gasteiger partial charge in [0.2, 0.25) is 0 Å². The summed E-state index contributed by atoms with van der Waals surface area (Å²) in [6, 6.07) is 80.6. The van der Waals surface area contributed by atoms with Crippen LogP contribution in [0, 0.1) is 0 Å². The molecule has 0 bridgehead atoms.